The number of carbonyl (C=O) groups excluding carboxylic acids is 1. The van der Waals surface area contributed by atoms with Gasteiger partial charge in [0, 0.05) is 27.9 Å². The Kier molecular flexibility index (Phi) is 4.09. The van der Waals surface area contributed by atoms with E-state index < -0.39 is 0 Å². The molecular weight excluding hydrogens is 318 g/mol. The molecule has 0 aliphatic rings. The first-order chi connectivity index (χ1) is 8.56. The maximum Gasteiger partial charge on any atom is 0.217 e. The number of aryl methyl sites for hydroxylation is 1. The summed E-state index contributed by atoms with van der Waals surface area (Å²) in [6.45, 7) is 0. The van der Waals surface area contributed by atoms with Crippen LogP contribution >= 0.6 is 27.5 Å². The number of rotatable bonds is 4. The predicted octanol–water partition coefficient (Wildman–Crippen LogP) is 3.78. The van der Waals surface area contributed by atoms with Gasteiger partial charge in [0.15, 0.2) is 0 Å². The van der Waals surface area contributed by atoms with E-state index in [0.717, 1.165) is 21.6 Å². The van der Waals surface area contributed by atoms with E-state index in [1.807, 2.05) is 24.3 Å². The van der Waals surface area contributed by atoms with Crippen LogP contribution in [-0.4, -0.2) is 5.91 Å². The molecule has 94 valence electrons. The number of furan rings is 1. The van der Waals surface area contributed by atoms with Gasteiger partial charge in [0.2, 0.25) is 5.91 Å². The van der Waals surface area contributed by atoms with E-state index in [4.69, 9.17) is 21.8 Å². The van der Waals surface area contributed by atoms with Crippen LogP contribution in [0.5, 0.6) is 0 Å². The van der Waals surface area contributed by atoms with Crippen LogP contribution < -0.4 is 5.73 Å². The lowest BCUT2D eigenvalue weighted by molar-refractivity contribution is -0.118. The van der Waals surface area contributed by atoms with Gasteiger partial charge >= 0.3 is 0 Å². The van der Waals surface area contributed by atoms with E-state index in [-0.39, 0.29) is 12.3 Å². The summed E-state index contributed by atoms with van der Waals surface area (Å²) in [6.07, 6.45) is 0.801. The third-order valence-corrected chi connectivity index (χ3v) is 3.37. The average molecular weight is 329 g/mol. The second kappa shape index (κ2) is 5.59. The van der Waals surface area contributed by atoms with Crippen LogP contribution in [0.2, 0.25) is 5.02 Å². The number of benzene rings is 1. The van der Waals surface area contributed by atoms with E-state index in [9.17, 15) is 4.79 Å². The lowest BCUT2D eigenvalue weighted by atomic mass is 10.2. The summed E-state index contributed by atoms with van der Waals surface area (Å²) < 4.78 is 6.53. The summed E-state index contributed by atoms with van der Waals surface area (Å²) >= 11 is 9.32. The molecular formula is C13H11BrClNO2. The molecule has 3 nitrogen and oxygen atoms in total. The zero-order valence-electron chi connectivity index (χ0n) is 9.45. The van der Waals surface area contributed by atoms with Crippen molar-refractivity contribution in [1.29, 1.82) is 0 Å². The highest BCUT2D eigenvalue weighted by Gasteiger charge is 2.09. The van der Waals surface area contributed by atoms with Crippen molar-refractivity contribution >= 4 is 33.4 Å². The SMILES string of the molecule is NC(=O)CCc1ccc(-c2ccc(Cl)cc2Br)o1. The Labute approximate surface area is 118 Å². The average Bonchev–Trinajstić information content (AvgIpc) is 2.75. The molecule has 1 heterocycles. The molecule has 5 heteroatoms. The largest absolute Gasteiger partial charge is 0.461 e. The van der Waals surface area contributed by atoms with Crippen molar-refractivity contribution in [1.82, 2.24) is 0 Å². The van der Waals surface area contributed by atoms with Gasteiger partial charge in [-0.05, 0) is 46.3 Å². The van der Waals surface area contributed by atoms with Crippen molar-refractivity contribution in [3.8, 4) is 11.3 Å². The van der Waals surface area contributed by atoms with E-state index in [1.165, 1.54) is 0 Å². The normalized spacial score (nSPS) is 10.6. The van der Waals surface area contributed by atoms with E-state index in [0.29, 0.717) is 11.4 Å². The van der Waals surface area contributed by atoms with Crippen LogP contribution in [0.15, 0.2) is 39.2 Å². The first-order valence-corrected chi connectivity index (χ1v) is 6.56. The molecule has 0 saturated heterocycles. The van der Waals surface area contributed by atoms with Crippen molar-refractivity contribution in [3.63, 3.8) is 0 Å². The number of halogens is 2. The molecule has 0 spiro atoms. The van der Waals surface area contributed by atoms with Gasteiger partial charge in [0.1, 0.15) is 11.5 Å². The topological polar surface area (TPSA) is 56.2 Å². The third-order valence-electron chi connectivity index (χ3n) is 2.48. The minimum absolute atomic E-state index is 0.286. The van der Waals surface area contributed by atoms with Crippen molar-refractivity contribution < 1.29 is 9.21 Å². The van der Waals surface area contributed by atoms with Crippen LogP contribution in [0.3, 0.4) is 0 Å². The molecule has 0 aliphatic carbocycles. The zero-order chi connectivity index (χ0) is 13.1. The first kappa shape index (κ1) is 13.2. The van der Waals surface area contributed by atoms with Gasteiger partial charge in [0.25, 0.3) is 0 Å². The number of nitrogens with two attached hydrogens (primary N) is 1. The standard InChI is InChI=1S/C13H11BrClNO2/c14-11-7-8(15)1-4-10(11)12-5-2-9(18-12)3-6-13(16)17/h1-2,4-5,7H,3,6H2,(H2,16,17). The quantitative estimate of drug-likeness (QED) is 0.928. The highest BCUT2D eigenvalue weighted by atomic mass is 79.9. The molecule has 1 aromatic carbocycles. The monoisotopic (exact) mass is 327 g/mol. The Morgan fingerprint density at radius 2 is 2.11 bits per heavy atom. The van der Waals surface area contributed by atoms with Gasteiger partial charge in [0.05, 0.1) is 0 Å². The van der Waals surface area contributed by atoms with Gasteiger partial charge in [-0.1, -0.05) is 11.6 Å². The molecule has 2 N–H and O–H groups in total. The Hall–Kier alpha value is -1.26. The summed E-state index contributed by atoms with van der Waals surface area (Å²) in [5.74, 6) is 1.14. The molecule has 2 aromatic rings. The second-order valence-corrected chi connectivity index (χ2v) is 5.15. The fourth-order valence-corrected chi connectivity index (χ4v) is 2.47. The van der Waals surface area contributed by atoms with Gasteiger partial charge in [-0.3, -0.25) is 4.79 Å². The van der Waals surface area contributed by atoms with Gasteiger partial charge < -0.3 is 10.2 Å². The molecule has 0 radical (unpaired) electrons. The lowest BCUT2D eigenvalue weighted by Gasteiger charge is -2.01. The number of carbonyl (C=O) groups is 1. The van der Waals surface area contributed by atoms with Crippen LogP contribution in [0.25, 0.3) is 11.3 Å². The third kappa shape index (κ3) is 3.15. The first-order valence-electron chi connectivity index (χ1n) is 5.38. The van der Waals surface area contributed by atoms with Crippen molar-refractivity contribution in [2.45, 2.75) is 12.8 Å². The summed E-state index contributed by atoms with van der Waals surface area (Å²) in [6, 6.07) is 9.20. The van der Waals surface area contributed by atoms with Gasteiger partial charge in [-0.2, -0.15) is 0 Å². The number of hydrogen-bond acceptors (Lipinski definition) is 2. The molecule has 1 aromatic heterocycles. The van der Waals surface area contributed by atoms with Crippen LogP contribution in [-0.2, 0) is 11.2 Å². The molecule has 0 atom stereocenters. The van der Waals surface area contributed by atoms with Crippen LogP contribution in [0.1, 0.15) is 12.2 Å². The Morgan fingerprint density at radius 1 is 1.33 bits per heavy atom. The van der Waals surface area contributed by atoms with Crippen LogP contribution in [0.4, 0.5) is 0 Å². The molecule has 2 rings (SSSR count). The predicted molar refractivity (Wildman–Crippen MR) is 74.4 cm³/mol. The highest BCUT2D eigenvalue weighted by Crippen LogP contribution is 2.31. The summed E-state index contributed by atoms with van der Waals surface area (Å²) in [4.78, 5) is 10.7. The maximum atomic E-state index is 10.7. The second-order valence-electron chi connectivity index (χ2n) is 3.86. The molecule has 18 heavy (non-hydrogen) atoms. The molecule has 0 aliphatic heterocycles. The number of primary amides is 1. The van der Waals surface area contributed by atoms with Crippen LogP contribution in [0, 0.1) is 0 Å². The molecule has 0 unspecified atom stereocenters. The fraction of sp³-hybridized carbons (Fsp3) is 0.154. The van der Waals surface area contributed by atoms with Gasteiger partial charge in [-0.25, -0.2) is 0 Å². The van der Waals surface area contributed by atoms with Gasteiger partial charge in [-0.15, -0.1) is 0 Å². The minimum atomic E-state index is -0.333. The van der Waals surface area contributed by atoms with Crippen molar-refractivity contribution in [3.05, 3.63) is 45.6 Å². The highest BCUT2D eigenvalue weighted by molar-refractivity contribution is 9.10. The van der Waals surface area contributed by atoms with Crippen molar-refractivity contribution in [2.24, 2.45) is 5.73 Å². The molecule has 0 bridgehead atoms. The van der Waals surface area contributed by atoms with E-state index >= 15 is 0 Å². The Bertz CT molecular complexity index is 580. The summed E-state index contributed by atoms with van der Waals surface area (Å²) in [7, 11) is 0. The summed E-state index contributed by atoms with van der Waals surface area (Å²) in [5, 5.41) is 0.658. The minimum Gasteiger partial charge on any atom is -0.461 e. The molecule has 0 saturated carbocycles. The fourth-order valence-electron chi connectivity index (χ4n) is 1.59. The lowest BCUT2D eigenvalue weighted by Crippen LogP contribution is -2.10. The van der Waals surface area contributed by atoms with E-state index in [1.54, 1.807) is 6.07 Å². The number of hydrogen-bond donors (Lipinski definition) is 1. The zero-order valence-corrected chi connectivity index (χ0v) is 11.8. The Morgan fingerprint density at radius 3 is 2.78 bits per heavy atom. The van der Waals surface area contributed by atoms with E-state index in [2.05, 4.69) is 15.9 Å². The summed E-state index contributed by atoms with van der Waals surface area (Å²) in [5.41, 5.74) is 6.02. The maximum absolute atomic E-state index is 10.7. The molecule has 0 fully saturated rings. The Balaban J connectivity index is 2.21. The molecule has 1 amide bonds. The van der Waals surface area contributed by atoms with Crippen molar-refractivity contribution in [2.75, 3.05) is 0 Å². The number of amides is 1. The smallest absolute Gasteiger partial charge is 0.217 e.